The van der Waals surface area contributed by atoms with Crippen LogP contribution in [0, 0.1) is 5.92 Å². The van der Waals surface area contributed by atoms with Crippen molar-refractivity contribution in [2.75, 3.05) is 19.7 Å². The van der Waals surface area contributed by atoms with Crippen LogP contribution < -0.4 is 10.1 Å². The maximum atomic E-state index is 12.7. The van der Waals surface area contributed by atoms with Crippen molar-refractivity contribution in [2.24, 2.45) is 5.92 Å². The van der Waals surface area contributed by atoms with E-state index in [0.29, 0.717) is 38.5 Å². The summed E-state index contributed by atoms with van der Waals surface area (Å²) >= 11 is 1.46. The van der Waals surface area contributed by atoms with Crippen LogP contribution in [0.25, 0.3) is 0 Å². The predicted molar refractivity (Wildman–Crippen MR) is 105 cm³/mol. The number of aryl methyl sites for hydroxylation is 1. The van der Waals surface area contributed by atoms with Crippen LogP contribution in [0.4, 0.5) is 0 Å². The molecule has 0 bridgehead atoms. The molecule has 1 saturated carbocycles. The molecular weight excluding hydrogens is 360 g/mol. The summed E-state index contributed by atoms with van der Waals surface area (Å²) in [5.41, 5.74) is 2.11. The van der Waals surface area contributed by atoms with Crippen molar-refractivity contribution in [3.63, 3.8) is 0 Å². The largest absolute Gasteiger partial charge is 0.491 e. The molecule has 6 heteroatoms. The van der Waals surface area contributed by atoms with Crippen LogP contribution in [0.2, 0.25) is 0 Å². The second-order valence-electron chi connectivity index (χ2n) is 7.24. The Morgan fingerprint density at radius 1 is 1.26 bits per heavy atom. The summed E-state index contributed by atoms with van der Waals surface area (Å²) in [4.78, 5) is 27.2. The molecule has 0 spiro atoms. The minimum Gasteiger partial charge on any atom is -0.491 e. The molecule has 1 aromatic carbocycles. The van der Waals surface area contributed by atoms with Crippen molar-refractivity contribution in [3.05, 3.63) is 51.7 Å². The average molecular weight is 385 g/mol. The third-order valence-corrected chi connectivity index (χ3v) is 5.91. The van der Waals surface area contributed by atoms with Gasteiger partial charge < -0.3 is 15.0 Å². The van der Waals surface area contributed by atoms with Crippen LogP contribution in [0.15, 0.2) is 35.7 Å². The molecule has 4 rings (SSSR count). The number of fused-ring (bicyclic) bond motifs is 1. The van der Waals surface area contributed by atoms with Crippen molar-refractivity contribution in [1.82, 2.24) is 10.2 Å². The van der Waals surface area contributed by atoms with Crippen molar-refractivity contribution < 1.29 is 14.3 Å². The van der Waals surface area contributed by atoms with Crippen LogP contribution in [0.1, 0.15) is 40.1 Å². The van der Waals surface area contributed by atoms with Crippen LogP contribution in [-0.4, -0.2) is 36.4 Å². The number of thiophene rings is 1. The number of amides is 2. The lowest BCUT2D eigenvalue weighted by atomic mass is 10.0. The lowest BCUT2D eigenvalue weighted by Crippen LogP contribution is -2.31. The molecule has 2 aliphatic rings. The van der Waals surface area contributed by atoms with Gasteiger partial charge in [-0.05, 0) is 48.3 Å². The van der Waals surface area contributed by atoms with E-state index in [4.69, 9.17) is 4.74 Å². The van der Waals surface area contributed by atoms with Gasteiger partial charge in [-0.25, -0.2) is 0 Å². The summed E-state index contributed by atoms with van der Waals surface area (Å²) in [6, 6.07) is 9.81. The topological polar surface area (TPSA) is 58.6 Å². The summed E-state index contributed by atoms with van der Waals surface area (Å²) in [6.45, 7) is 2.42. The number of carbonyl (C=O) groups is 2. The van der Waals surface area contributed by atoms with Crippen molar-refractivity contribution in [3.8, 4) is 5.75 Å². The number of benzene rings is 1. The summed E-state index contributed by atoms with van der Waals surface area (Å²) in [5, 5.41) is 4.93. The van der Waals surface area contributed by atoms with E-state index in [-0.39, 0.29) is 11.8 Å². The Morgan fingerprint density at radius 3 is 2.93 bits per heavy atom. The Hall–Kier alpha value is -2.34. The first-order chi connectivity index (χ1) is 13.2. The van der Waals surface area contributed by atoms with E-state index in [1.54, 1.807) is 0 Å². The van der Waals surface area contributed by atoms with Gasteiger partial charge in [0.25, 0.3) is 5.91 Å². The number of ether oxygens (including phenoxy) is 1. The zero-order chi connectivity index (χ0) is 18.6. The number of hydrogen-bond donors (Lipinski definition) is 1. The maximum absolute atomic E-state index is 12.7. The highest BCUT2D eigenvalue weighted by atomic mass is 32.1. The molecule has 142 valence electrons. The van der Waals surface area contributed by atoms with E-state index in [1.165, 1.54) is 24.2 Å². The molecule has 0 atom stereocenters. The summed E-state index contributed by atoms with van der Waals surface area (Å²) in [7, 11) is 0. The van der Waals surface area contributed by atoms with E-state index in [9.17, 15) is 9.59 Å². The number of hydrogen-bond acceptors (Lipinski definition) is 4. The summed E-state index contributed by atoms with van der Waals surface area (Å²) < 4.78 is 5.83. The second kappa shape index (κ2) is 8.13. The van der Waals surface area contributed by atoms with Gasteiger partial charge in [-0.3, -0.25) is 9.59 Å². The smallest absolute Gasteiger partial charge is 0.264 e. The molecule has 2 aromatic rings. The standard InChI is InChI=1S/C21H24N2O3S/c24-20(22-13-16-3-4-16)8-6-15-5-7-18-17(12-15)14-23(9-10-26-18)21(25)19-2-1-11-27-19/h1-2,5,7,11-12,16H,3-4,6,8-10,13-14H2,(H,22,24). The highest BCUT2D eigenvalue weighted by Gasteiger charge is 2.23. The predicted octanol–water partition coefficient (Wildman–Crippen LogP) is 3.24. The summed E-state index contributed by atoms with van der Waals surface area (Å²) in [5.74, 6) is 1.69. The zero-order valence-corrected chi connectivity index (χ0v) is 16.1. The van der Waals surface area contributed by atoms with Crippen molar-refractivity contribution >= 4 is 23.2 Å². The summed E-state index contributed by atoms with van der Waals surface area (Å²) in [6.07, 6.45) is 3.67. The van der Waals surface area contributed by atoms with E-state index < -0.39 is 0 Å². The Bertz CT molecular complexity index is 815. The van der Waals surface area contributed by atoms with Gasteiger partial charge >= 0.3 is 0 Å². The number of rotatable bonds is 6. The average Bonchev–Trinajstić information content (AvgIpc) is 3.40. The molecule has 1 aliphatic carbocycles. The maximum Gasteiger partial charge on any atom is 0.264 e. The van der Waals surface area contributed by atoms with Gasteiger partial charge in [0.1, 0.15) is 12.4 Å². The molecule has 1 N–H and O–H groups in total. The first-order valence-corrected chi connectivity index (χ1v) is 10.4. The fraction of sp³-hybridized carbons (Fsp3) is 0.429. The van der Waals surface area contributed by atoms with Crippen LogP contribution in [-0.2, 0) is 17.8 Å². The fourth-order valence-corrected chi connectivity index (χ4v) is 3.95. The van der Waals surface area contributed by atoms with Gasteiger partial charge in [0.2, 0.25) is 5.91 Å². The third kappa shape index (κ3) is 4.69. The fourth-order valence-electron chi connectivity index (χ4n) is 3.26. The van der Waals surface area contributed by atoms with Crippen LogP contribution in [0.3, 0.4) is 0 Å². The van der Waals surface area contributed by atoms with Crippen molar-refractivity contribution in [1.29, 1.82) is 0 Å². The lowest BCUT2D eigenvalue weighted by molar-refractivity contribution is -0.121. The second-order valence-corrected chi connectivity index (χ2v) is 8.19. The molecule has 2 amide bonds. The molecule has 5 nitrogen and oxygen atoms in total. The van der Waals surface area contributed by atoms with Gasteiger partial charge in [-0.15, -0.1) is 11.3 Å². The Morgan fingerprint density at radius 2 is 2.15 bits per heavy atom. The molecule has 0 saturated heterocycles. The molecular formula is C21H24N2O3S. The molecule has 0 unspecified atom stereocenters. The molecule has 1 aromatic heterocycles. The minimum atomic E-state index is 0.0475. The van der Waals surface area contributed by atoms with Crippen LogP contribution >= 0.6 is 11.3 Å². The van der Waals surface area contributed by atoms with Gasteiger partial charge in [0, 0.05) is 25.1 Å². The van der Waals surface area contributed by atoms with Crippen molar-refractivity contribution in [2.45, 2.75) is 32.2 Å². The van der Waals surface area contributed by atoms with Gasteiger partial charge in [0.05, 0.1) is 11.4 Å². The zero-order valence-electron chi connectivity index (χ0n) is 15.3. The Balaban J connectivity index is 1.39. The van der Waals surface area contributed by atoms with Crippen LogP contribution in [0.5, 0.6) is 5.75 Å². The monoisotopic (exact) mass is 384 g/mol. The first-order valence-electron chi connectivity index (χ1n) is 9.53. The van der Waals surface area contributed by atoms with Gasteiger partial charge in [-0.1, -0.05) is 18.2 Å². The minimum absolute atomic E-state index is 0.0475. The molecule has 2 heterocycles. The molecule has 27 heavy (non-hydrogen) atoms. The Labute approximate surface area is 163 Å². The third-order valence-electron chi connectivity index (χ3n) is 5.05. The molecule has 1 fully saturated rings. The van der Waals surface area contributed by atoms with E-state index in [0.717, 1.165) is 28.3 Å². The molecule has 0 radical (unpaired) electrons. The highest BCUT2D eigenvalue weighted by molar-refractivity contribution is 7.12. The highest BCUT2D eigenvalue weighted by Crippen LogP contribution is 2.28. The lowest BCUT2D eigenvalue weighted by Gasteiger charge is -2.19. The normalized spacial score (nSPS) is 16.2. The van der Waals surface area contributed by atoms with Gasteiger partial charge in [0.15, 0.2) is 0 Å². The van der Waals surface area contributed by atoms with E-state index in [2.05, 4.69) is 11.4 Å². The SMILES string of the molecule is O=C(CCc1ccc2c(c1)CN(C(=O)c1cccs1)CCO2)NCC1CC1. The number of nitrogens with zero attached hydrogens (tertiary/aromatic N) is 1. The quantitative estimate of drug-likeness (QED) is 0.832. The van der Waals surface area contributed by atoms with E-state index >= 15 is 0 Å². The van der Waals surface area contributed by atoms with E-state index in [1.807, 2.05) is 34.5 Å². The Kier molecular flexibility index (Phi) is 5.43. The number of nitrogens with one attached hydrogen (secondary N) is 1. The number of carbonyl (C=O) groups excluding carboxylic acids is 2. The first kappa shape index (κ1) is 18.0. The van der Waals surface area contributed by atoms with Gasteiger partial charge in [-0.2, -0.15) is 0 Å². The molecule has 1 aliphatic heterocycles.